The van der Waals surface area contributed by atoms with Gasteiger partial charge in [0.05, 0.1) is 17.1 Å². The highest BCUT2D eigenvalue weighted by Crippen LogP contribution is 2.29. The zero-order valence-electron chi connectivity index (χ0n) is 14.0. The zero-order valence-corrected chi connectivity index (χ0v) is 14.0. The second-order valence-corrected chi connectivity index (χ2v) is 5.99. The topological polar surface area (TPSA) is 17.8 Å². The summed E-state index contributed by atoms with van der Waals surface area (Å²) in [5.41, 5.74) is 6.08. The zero-order chi connectivity index (χ0) is 16.1. The number of hydrogen-bond acceptors (Lipinski definition) is 1. The summed E-state index contributed by atoms with van der Waals surface area (Å²) < 4.78 is 2.10. The molecule has 3 aromatic rings. The maximum atomic E-state index is 4.94. The van der Waals surface area contributed by atoms with Crippen LogP contribution in [0.3, 0.4) is 0 Å². The van der Waals surface area contributed by atoms with Gasteiger partial charge in [-0.1, -0.05) is 68.3 Å². The molecule has 0 aliphatic rings. The van der Waals surface area contributed by atoms with Gasteiger partial charge in [-0.25, -0.2) is 4.68 Å². The van der Waals surface area contributed by atoms with Crippen LogP contribution in [0.25, 0.3) is 16.9 Å². The molecule has 0 atom stereocenters. The van der Waals surface area contributed by atoms with Crippen molar-refractivity contribution in [2.75, 3.05) is 0 Å². The SMILES string of the molecule is CCCCCc1nn(-c2ccccc2)c(-c2ccccc2)c1C. The van der Waals surface area contributed by atoms with E-state index in [-0.39, 0.29) is 0 Å². The van der Waals surface area contributed by atoms with Gasteiger partial charge in [0.1, 0.15) is 0 Å². The Kier molecular flexibility index (Phi) is 4.92. The monoisotopic (exact) mass is 304 g/mol. The number of rotatable bonds is 6. The molecule has 0 bridgehead atoms. The highest BCUT2D eigenvalue weighted by Gasteiger charge is 2.16. The van der Waals surface area contributed by atoms with Crippen LogP contribution >= 0.6 is 0 Å². The van der Waals surface area contributed by atoms with E-state index < -0.39 is 0 Å². The Morgan fingerprint density at radius 1 is 0.870 bits per heavy atom. The molecule has 0 amide bonds. The molecule has 0 fully saturated rings. The number of benzene rings is 2. The molecule has 0 saturated heterocycles. The van der Waals surface area contributed by atoms with Crippen molar-refractivity contribution in [3.63, 3.8) is 0 Å². The average molecular weight is 304 g/mol. The molecule has 2 nitrogen and oxygen atoms in total. The fraction of sp³-hybridized carbons (Fsp3) is 0.286. The molecule has 2 heteroatoms. The van der Waals surface area contributed by atoms with E-state index in [1.807, 2.05) is 6.07 Å². The molecule has 23 heavy (non-hydrogen) atoms. The van der Waals surface area contributed by atoms with E-state index in [1.165, 1.54) is 41.8 Å². The van der Waals surface area contributed by atoms with Crippen LogP contribution in [0.15, 0.2) is 60.7 Å². The first-order chi connectivity index (χ1) is 11.3. The third-order valence-electron chi connectivity index (χ3n) is 4.29. The van der Waals surface area contributed by atoms with E-state index >= 15 is 0 Å². The molecule has 0 aliphatic carbocycles. The molecule has 0 unspecified atom stereocenters. The molecule has 118 valence electrons. The van der Waals surface area contributed by atoms with E-state index in [4.69, 9.17) is 5.10 Å². The quantitative estimate of drug-likeness (QED) is 0.543. The maximum absolute atomic E-state index is 4.94. The molecule has 1 aromatic heterocycles. The third-order valence-corrected chi connectivity index (χ3v) is 4.29. The lowest BCUT2D eigenvalue weighted by atomic mass is 10.0. The molecule has 1 heterocycles. The van der Waals surface area contributed by atoms with Crippen molar-refractivity contribution in [2.45, 2.75) is 39.5 Å². The van der Waals surface area contributed by atoms with Gasteiger partial charge < -0.3 is 0 Å². The van der Waals surface area contributed by atoms with Crippen molar-refractivity contribution >= 4 is 0 Å². The van der Waals surface area contributed by atoms with Crippen molar-refractivity contribution < 1.29 is 0 Å². The van der Waals surface area contributed by atoms with Crippen molar-refractivity contribution in [3.8, 4) is 16.9 Å². The average Bonchev–Trinajstić information content (AvgIpc) is 2.93. The number of unbranched alkanes of at least 4 members (excludes halogenated alkanes) is 2. The van der Waals surface area contributed by atoms with Gasteiger partial charge in [-0.3, -0.25) is 0 Å². The lowest BCUT2D eigenvalue weighted by Gasteiger charge is -2.08. The van der Waals surface area contributed by atoms with Gasteiger partial charge in [-0.2, -0.15) is 5.10 Å². The summed E-state index contributed by atoms with van der Waals surface area (Å²) in [4.78, 5) is 0. The molecule has 0 spiro atoms. The highest BCUT2D eigenvalue weighted by molar-refractivity contribution is 5.66. The first-order valence-corrected chi connectivity index (χ1v) is 8.50. The Labute approximate surface area is 138 Å². The van der Waals surface area contributed by atoms with Crippen LogP contribution in [-0.2, 0) is 6.42 Å². The number of para-hydroxylation sites is 1. The smallest absolute Gasteiger partial charge is 0.0773 e. The van der Waals surface area contributed by atoms with Gasteiger partial charge in [0.25, 0.3) is 0 Å². The van der Waals surface area contributed by atoms with Crippen molar-refractivity contribution in [2.24, 2.45) is 0 Å². The Morgan fingerprint density at radius 3 is 2.17 bits per heavy atom. The minimum atomic E-state index is 1.05. The molecule has 0 N–H and O–H groups in total. The number of hydrogen-bond donors (Lipinski definition) is 0. The summed E-state index contributed by atoms with van der Waals surface area (Å²) in [6, 6.07) is 21.0. The third kappa shape index (κ3) is 3.37. The van der Waals surface area contributed by atoms with Crippen LogP contribution in [0.2, 0.25) is 0 Å². The van der Waals surface area contributed by atoms with Gasteiger partial charge in [0.2, 0.25) is 0 Å². The summed E-state index contributed by atoms with van der Waals surface area (Å²) in [6.07, 6.45) is 4.76. The fourth-order valence-electron chi connectivity index (χ4n) is 3.01. The second kappa shape index (κ2) is 7.28. The minimum absolute atomic E-state index is 1.05. The summed E-state index contributed by atoms with van der Waals surface area (Å²) in [5, 5.41) is 4.94. The first kappa shape index (κ1) is 15.5. The lowest BCUT2D eigenvalue weighted by Crippen LogP contribution is -1.99. The van der Waals surface area contributed by atoms with Gasteiger partial charge >= 0.3 is 0 Å². The van der Waals surface area contributed by atoms with Crippen molar-refractivity contribution in [3.05, 3.63) is 71.9 Å². The highest BCUT2D eigenvalue weighted by atomic mass is 15.3. The Morgan fingerprint density at radius 2 is 1.52 bits per heavy atom. The van der Waals surface area contributed by atoms with Crippen molar-refractivity contribution in [1.82, 2.24) is 9.78 Å². The number of aryl methyl sites for hydroxylation is 1. The predicted octanol–water partition coefficient (Wildman–Crippen LogP) is 5.58. The van der Waals surface area contributed by atoms with Gasteiger partial charge in [-0.05, 0) is 37.5 Å². The van der Waals surface area contributed by atoms with E-state index in [0.29, 0.717) is 0 Å². The van der Waals surface area contributed by atoms with E-state index in [9.17, 15) is 0 Å². The van der Waals surface area contributed by atoms with Crippen LogP contribution in [0.5, 0.6) is 0 Å². The molecular formula is C21H24N2. The molecule has 0 saturated carbocycles. The Hall–Kier alpha value is -2.35. The van der Waals surface area contributed by atoms with E-state index in [0.717, 1.165) is 12.1 Å². The standard InChI is InChI=1S/C21H24N2/c1-3-4-7-16-20-17(2)21(18-12-8-5-9-13-18)23(22-20)19-14-10-6-11-15-19/h5-6,8-15H,3-4,7,16H2,1-2H3. The summed E-state index contributed by atoms with van der Waals surface area (Å²) in [6.45, 7) is 4.45. The molecule has 0 radical (unpaired) electrons. The minimum Gasteiger partial charge on any atom is -0.233 e. The van der Waals surface area contributed by atoms with Crippen LogP contribution in [0, 0.1) is 6.92 Å². The van der Waals surface area contributed by atoms with Gasteiger partial charge in [0, 0.05) is 5.56 Å². The Bertz CT molecular complexity index is 742. The van der Waals surface area contributed by atoms with Crippen LogP contribution in [-0.4, -0.2) is 9.78 Å². The molecule has 3 rings (SSSR count). The van der Waals surface area contributed by atoms with Crippen molar-refractivity contribution in [1.29, 1.82) is 0 Å². The lowest BCUT2D eigenvalue weighted by molar-refractivity contribution is 0.696. The normalized spacial score (nSPS) is 10.9. The van der Waals surface area contributed by atoms with Gasteiger partial charge in [-0.15, -0.1) is 0 Å². The van der Waals surface area contributed by atoms with E-state index in [2.05, 4.69) is 73.1 Å². The first-order valence-electron chi connectivity index (χ1n) is 8.50. The van der Waals surface area contributed by atoms with Crippen LogP contribution in [0.1, 0.15) is 37.4 Å². The number of nitrogens with zero attached hydrogens (tertiary/aromatic N) is 2. The van der Waals surface area contributed by atoms with Gasteiger partial charge in [0.15, 0.2) is 0 Å². The molecule has 0 aliphatic heterocycles. The Balaban J connectivity index is 2.08. The molecular weight excluding hydrogens is 280 g/mol. The fourth-order valence-corrected chi connectivity index (χ4v) is 3.01. The number of aromatic nitrogens is 2. The van der Waals surface area contributed by atoms with Crippen LogP contribution in [0.4, 0.5) is 0 Å². The molecule has 2 aromatic carbocycles. The summed E-state index contributed by atoms with van der Waals surface area (Å²) >= 11 is 0. The predicted molar refractivity (Wildman–Crippen MR) is 97.0 cm³/mol. The summed E-state index contributed by atoms with van der Waals surface area (Å²) in [7, 11) is 0. The summed E-state index contributed by atoms with van der Waals surface area (Å²) in [5.74, 6) is 0. The van der Waals surface area contributed by atoms with E-state index in [1.54, 1.807) is 0 Å². The van der Waals surface area contributed by atoms with Crippen LogP contribution < -0.4 is 0 Å². The maximum Gasteiger partial charge on any atom is 0.0773 e. The second-order valence-electron chi connectivity index (χ2n) is 5.99. The largest absolute Gasteiger partial charge is 0.233 e.